The third kappa shape index (κ3) is 7.27. The van der Waals surface area contributed by atoms with Crippen molar-refractivity contribution in [1.29, 1.82) is 0 Å². The van der Waals surface area contributed by atoms with E-state index >= 15 is 0 Å². The number of para-hydroxylation sites is 1. The van der Waals surface area contributed by atoms with Crippen LogP contribution in [0.1, 0.15) is 19.4 Å². The molecule has 7 nitrogen and oxygen atoms in total. The predicted molar refractivity (Wildman–Crippen MR) is 123 cm³/mol. The van der Waals surface area contributed by atoms with Crippen molar-refractivity contribution in [1.82, 2.24) is 15.1 Å². The van der Waals surface area contributed by atoms with Gasteiger partial charge in [-0.25, -0.2) is 4.79 Å². The Morgan fingerprint density at radius 1 is 0.938 bits per heavy atom. The van der Waals surface area contributed by atoms with E-state index in [1.165, 1.54) is 0 Å². The molecule has 1 unspecified atom stereocenters. The van der Waals surface area contributed by atoms with Crippen molar-refractivity contribution >= 4 is 12.0 Å². The molecule has 1 heterocycles. The molecule has 172 valence electrons. The van der Waals surface area contributed by atoms with Gasteiger partial charge in [0, 0.05) is 32.7 Å². The lowest BCUT2D eigenvalue weighted by Gasteiger charge is -2.37. The van der Waals surface area contributed by atoms with Gasteiger partial charge < -0.3 is 19.7 Å². The van der Waals surface area contributed by atoms with E-state index in [-0.39, 0.29) is 18.4 Å². The van der Waals surface area contributed by atoms with Gasteiger partial charge in [-0.3, -0.25) is 9.69 Å². The molecule has 0 saturated carbocycles. The molecule has 1 atom stereocenters. The van der Waals surface area contributed by atoms with E-state index in [1.54, 1.807) is 0 Å². The minimum Gasteiger partial charge on any atom is -0.492 e. The quantitative estimate of drug-likeness (QED) is 0.650. The average molecular weight is 440 g/mol. The van der Waals surface area contributed by atoms with Crippen LogP contribution in [0, 0.1) is 5.92 Å². The molecule has 2 aromatic carbocycles. The molecule has 0 bridgehead atoms. The second-order valence-corrected chi connectivity index (χ2v) is 8.26. The summed E-state index contributed by atoms with van der Waals surface area (Å²) in [5, 5.41) is 2.76. The van der Waals surface area contributed by atoms with Crippen LogP contribution in [0.4, 0.5) is 4.79 Å². The molecule has 1 aliphatic rings. The molecule has 1 fully saturated rings. The highest BCUT2D eigenvalue weighted by Crippen LogP contribution is 2.12. The fourth-order valence-corrected chi connectivity index (χ4v) is 3.60. The van der Waals surface area contributed by atoms with E-state index in [9.17, 15) is 9.59 Å². The van der Waals surface area contributed by atoms with Gasteiger partial charge in [0.25, 0.3) is 0 Å². The first-order valence-electron chi connectivity index (χ1n) is 11.2. The maximum absolute atomic E-state index is 13.1. The van der Waals surface area contributed by atoms with E-state index in [1.807, 2.05) is 79.4 Å². The van der Waals surface area contributed by atoms with E-state index in [0.717, 1.165) is 30.9 Å². The van der Waals surface area contributed by atoms with Gasteiger partial charge in [-0.05, 0) is 23.6 Å². The van der Waals surface area contributed by atoms with Gasteiger partial charge in [0.2, 0.25) is 5.91 Å². The van der Waals surface area contributed by atoms with Crippen LogP contribution in [0.15, 0.2) is 60.7 Å². The number of hydrogen-bond acceptors (Lipinski definition) is 5. The number of hydrogen-bond donors (Lipinski definition) is 1. The van der Waals surface area contributed by atoms with Crippen molar-refractivity contribution in [3.63, 3.8) is 0 Å². The molecular weight excluding hydrogens is 406 g/mol. The summed E-state index contributed by atoms with van der Waals surface area (Å²) in [7, 11) is 0. The smallest absolute Gasteiger partial charge is 0.408 e. The van der Waals surface area contributed by atoms with E-state index < -0.39 is 12.1 Å². The van der Waals surface area contributed by atoms with Gasteiger partial charge in [0.05, 0.1) is 0 Å². The number of rotatable bonds is 9. The van der Waals surface area contributed by atoms with Crippen molar-refractivity contribution in [3.8, 4) is 5.75 Å². The lowest BCUT2D eigenvalue weighted by molar-refractivity contribution is -0.136. The number of nitrogens with zero attached hydrogens (tertiary/aromatic N) is 2. The predicted octanol–water partition coefficient (Wildman–Crippen LogP) is 3.16. The standard InChI is InChI=1S/C25H33N3O4/c1-20(2)23(26-25(30)32-19-21-9-5-3-6-10-21)24(29)28-15-13-27(14-16-28)17-18-31-22-11-7-4-8-12-22/h3-12,20,23H,13-19H2,1-2H3,(H,26,30). The number of carbonyl (C=O) groups is 2. The second-order valence-electron chi connectivity index (χ2n) is 8.26. The molecule has 2 amide bonds. The Kier molecular flexibility index (Phi) is 8.92. The summed E-state index contributed by atoms with van der Waals surface area (Å²) in [5.74, 6) is 0.771. The van der Waals surface area contributed by atoms with Gasteiger partial charge in [-0.2, -0.15) is 0 Å². The van der Waals surface area contributed by atoms with Gasteiger partial charge >= 0.3 is 6.09 Å². The molecule has 0 aliphatic carbocycles. The second kappa shape index (κ2) is 12.1. The van der Waals surface area contributed by atoms with E-state index in [4.69, 9.17) is 9.47 Å². The van der Waals surface area contributed by atoms with Crippen molar-refractivity contribution in [2.75, 3.05) is 39.3 Å². The molecular formula is C25H33N3O4. The number of benzene rings is 2. The van der Waals surface area contributed by atoms with Crippen LogP contribution in [-0.4, -0.2) is 67.2 Å². The lowest BCUT2D eigenvalue weighted by atomic mass is 10.0. The van der Waals surface area contributed by atoms with Crippen molar-refractivity contribution in [2.24, 2.45) is 5.92 Å². The summed E-state index contributed by atoms with van der Waals surface area (Å²) >= 11 is 0. The number of amides is 2. The Morgan fingerprint density at radius 3 is 2.19 bits per heavy atom. The molecule has 1 saturated heterocycles. The van der Waals surface area contributed by atoms with Crippen LogP contribution >= 0.6 is 0 Å². The third-order valence-corrected chi connectivity index (χ3v) is 5.52. The van der Waals surface area contributed by atoms with E-state index in [0.29, 0.717) is 19.7 Å². The molecule has 32 heavy (non-hydrogen) atoms. The van der Waals surface area contributed by atoms with Crippen molar-refractivity contribution in [3.05, 3.63) is 66.2 Å². The highest BCUT2D eigenvalue weighted by atomic mass is 16.5. The largest absolute Gasteiger partial charge is 0.492 e. The molecule has 1 N–H and O–H groups in total. The number of carbonyl (C=O) groups excluding carboxylic acids is 2. The highest BCUT2D eigenvalue weighted by molar-refractivity contribution is 5.86. The summed E-state index contributed by atoms with van der Waals surface area (Å²) < 4.78 is 11.1. The molecule has 7 heteroatoms. The fraction of sp³-hybridized carbons (Fsp3) is 0.440. The molecule has 0 spiro atoms. The Balaban J connectivity index is 1.41. The van der Waals surface area contributed by atoms with Crippen LogP contribution in [0.3, 0.4) is 0 Å². The zero-order valence-electron chi connectivity index (χ0n) is 18.9. The SMILES string of the molecule is CC(C)C(NC(=O)OCc1ccccc1)C(=O)N1CCN(CCOc2ccccc2)CC1. The number of alkyl carbamates (subject to hydrolysis) is 1. The average Bonchev–Trinajstić information content (AvgIpc) is 2.82. The fourth-order valence-electron chi connectivity index (χ4n) is 3.60. The summed E-state index contributed by atoms with van der Waals surface area (Å²) in [4.78, 5) is 29.5. The van der Waals surface area contributed by atoms with Crippen LogP contribution in [0.2, 0.25) is 0 Å². The molecule has 0 aromatic heterocycles. The zero-order chi connectivity index (χ0) is 22.8. The zero-order valence-corrected chi connectivity index (χ0v) is 18.9. The lowest BCUT2D eigenvalue weighted by Crippen LogP contribution is -2.56. The summed E-state index contributed by atoms with van der Waals surface area (Å²) in [6.45, 7) is 8.29. The van der Waals surface area contributed by atoms with Crippen molar-refractivity contribution in [2.45, 2.75) is 26.5 Å². The first kappa shape index (κ1) is 23.6. The molecule has 1 aliphatic heterocycles. The van der Waals surface area contributed by atoms with Crippen LogP contribution in [-0.2, 0) is 16.1 Å². The Hall–Kier alpha value is -3.06. The van der Waals surface area contributed by atoms with Gasteiger partial charge in [-0.1, -0.05) is 62.4 Å². The topological polar surface area (TPSA) is 71.1 Å². The Bertz CT molecular complexity index is 837. The Labute approximate surface area is 190 Å². The Morgan fingerprint density at radius 2 is 1.56 bits per heavy atom. The van der Waals surface area contributed by atoms with Gasteiger partial charge in [0.1, 0.15) is 25.0 Å². The summed E-state index contributed by atoms with van der Waals surface area (Å²) in [5.41, 5.74) is 0.905. The van der Waals surface area contributed by atoms with Gasteiger partial charge in [0.15, 0.2) is 0 Å². The van der Waals surface area contributed by atoms with Gasteiger partial charge in [-0.15, -0.1) is 0 Å². The van der Waals surface area contributed by atoms with Crippen LogP contribution in [0.5, 0.6) is 5.75 Å². The highest BCUT2D eigenvalue weighted by Gasteiger charge is 2.31. The number of piperazine rings is 1. The van der Waals surface area contributed by atoms with Crippen molar-refractivity contribution < 1.29 is 19.1 Å². The first-order chi connectivity index (χ1) is 15.5. The molecule has 2 aromatic rings. The summed E-state index contributed by atoms with van der Waals surface area (Å²) in [6.07, 6.45) is -0.572. The molecule has 3 rings (SSSR count). The normalized spacial score (nSPS) is 15.3. The maximum Gasteiger partial charge on any atom is 0.408 e. The maximum atomic E-state index is 13.1. The van der Waals surface area contributed by atoms with E-state index in [2.05, 4.69) is 10.2 Å². The minimum absolute atomic E-state index is 0.0379. The third-order valence-electron chi connectivity index (χ3n) is 5.52. The summed E-state index contributed by atoms with van der Waals surface area (Å²) in [6, 6.07) is 18.6. The van der Waals surface area contributed by atoms with Crippen LogP contribution < -0.4 is 10.1 Å². The molecule has 0 radical (unpaired) electrons. The monoisotopic (exact) mass is 439 g/mol. The first-order valence-corrected chi connectivity index (χ1v) is 11.2. The number of nitrogens with one attached hydrogen (secondary N) is 1. The minimum atomic E-state index is -0.605. The number of ether oxygens (including phenoxy) is 2. The van der Waals surface area contributed by atoms with Crippen LogP contribution in [0.25, 0.3) is 0 Å².